The van der Waals surface area contributed by atoms with Crippen LogP contribution in [0.15, 0.2) is 0 Å². The third-order valence-electron chi connectivity index (χ3n) is 3.17. The minimum Gasteiger partial charge on any atom is -0.396 e. The van der Waals surface area contributed by atoms with Crippen molar-refractivity contribution in [2.24, 2.45) is 23.7 Å². The summed E-state index contributed by atoms with van der Waals surface area (Å²) < 4.78 is 0. The second-order valence-corrected chi connectivity index (χ2v) is 3.26. The predicted octanol–water partition coefficient (Wildman–Crippen LogP) is -0.147. The molecule has 0 aliphatic heterocycles. The lowest BCUT2D eigenvalue weighted by molar-refractivity contribution is -0.194. The van der Waals surface area contributed by atoms with Crippen LogP contribution in [0.3, 0.4) is 0 Å². The lowest BCUT2D eigenvalue weighted by Crippen LogP contribution is -2.62. The van der Waals surface area contributed by atoms with Crippen molar-refractivity contribution < 1.29 is 10.2 Å². The largest absolute Gasteiger partial charge is 0.396 e. The van der Waals surface area contributed by atoms with Crippen LogP contribution in [-0.4, -0.2) is 23.4 Å². The van der Waals surface area contributed by atoms with Crippen LogP contribution in [-0.2, 0) is 0 Å². The van der Waals surface area contributed by atoms with Gasteiger partial charge in [0.1, 0.15) is 0 Å². The fourth-order valence-electron chi connectivity index (χ4n) is 2.29. The Morgan fingerprint density at radius 2 is 1.44 bits per heavy atom. The normalized spacial score (nSPS) is 54.0. The van der Waals surface area contributed by atoms with Gasteiger partial charge in [-0.15, -0.1) is 0 Å². The topological polar surface area (TPSA) is 40.5 Å². The molecule has 0 atom stereocenters. The molecule has 0 aromatic carbocycles. The van der Waals surface area contributed by atoms with E-state index in [0.29, 0.717) is 36.9 Å². The second kappa shape index (κ2) is 1.70. The minimum atomic E-state index is 0.339. The SMILES string of the molecule is OCC1C2CC1C2CO. The Hall–Kier alpha value is -0.0800. The molecule has 2 nitrogen and oxygen atoms in total. The van der Waals surface area contributed by atoms with Crippen molar-refractivity contribution in [3.63, 3.8) is 0 Å². The molecule has 0 radical (unpaired) electrons. The molecule has 2 N–H and O–H groups in total. The smallest absolute Gasteiger partial charge is 0.0464 e. The first-order valence-corrected chi connectivity index (χ1v) is 3.60. The van der Waals surface area contributed by atoms with E-state index in [1.807, 2.05) is 0 Å². The lowest BCUT2D eigenvalue weighted by atomic mass is 9.42. The maximum absolute atomic E-state index is 8.72. The van der Waals surface area contributed by atoms with Gasteiger partial charge >= 0.3 is 0 Å². The molecule has 3 saturated carbocycles. The lowest BCUT2D eigenvalue weighted by Gasteiger charge is -2.64. The number of hydrogen-bond acceptors (Lipinski definition) is 2. The minimum absolute atomic E-state index is 0.339. The van der Waals surface area contributed by atoms with Crippen LogP contribution in [0.5, 0.6) is 0 Å². The third-order valence-corrected chi connectivity index (χ3v) is 3.17. The highest BCUT2D eigenvalue weighted by Crippen LogP contribution is 2.62. The van der Waals surface area contributed by atoms with E-state index in [9.17, 15) is 0 Å². The summed E-state index contributed by atoms with van der Waals surface area (Å²) in [5.74, 6) is 2.46. The fraction of sp³-hybridized carbons (Fsp3) is 1.00. The first-order valence-electron chi connectivity index (χ1n) is 3.60. The molecule has 0 aromatic rings. The number of rotatable bonds is 2. The Bertz CT molecular complexity index is 102. The highest BCUT2D eigenvalue weighted by Gasteiger charge is 2.59. The first kappa shape index (κ1) is 5.69. The molecule has 3 aliphatic rings. The summed E-state index contributed by atoms with van der Waals surface area (Å²) in [7, 11) is 0. The summed E-state index contributed by atoms with van der Waals surface area (Å²) in [5.41, 5.74) is 0. The molecule has 0 saturated heterocycles. The molecule has 52 valence electrons. The summed E-state index contributed by atoms with van der Waals surface area (Å²) in [6.07, 6.45) is 1.26. The van der Waals surface area contributed by atoms with Crippen LogP contribution in [0.25, 0.3) is 0 Å². The van der Waals surface area contributed by atoms with Crippen molar-refractivity contribution in [1.29, 1.82) is 0 Å². The van der Waals surface area contributed by atoms with E-state index in [1.54, 1.807) is 0 Å². The van der Waals surface area contributed by atoms with Crippen LogP contribution in [0, 0.1) is 23.7 Å². The molecule has 0 spiro atoms. The van der Waals surface area contributed by atoms with Crippen LogP contribution in [0.1, 0.15) is 6.42 Å². The van der Waals surface area contributed by atoms with Gasteiger partial charge in [-0.05, 0) is 30.1 Å². The molecule has 3 rings (SSSR count). The molecule has 3 fully saturated rings. The monoisotopic (exact) mass is 128 g/mol. The summed E-state index contributed by atoms with van der Waals surface area (Å²) in [6.45, 7) is 0.678. The predicted molar refractivity (Wildman–Crippen MR) is 32.7 cm³/mol. The van der Waals surface area contributed by atoms with E-state index >= 15 is 0 Å². The quantitative estimate of drug-likeness (QED) is 0.543. The van der Waals surface area contributed by atoms with E-state index in [1.165, 1.54) is 6.42 Å². The highest BCUT2D eigenvalue weighted by atomic mass is 16.3. The maximum atomic E-state index is 8.72. The van der Waals surface area contributed by atoms with Gasteiger partial charge in [0.2, 0.25) is 0 Å². The van der Waals surface area contributed by atoms with E-state index < -0.39 is 0 Å². The van der Waals surface area contributed by atoms with Gasteiger partial charge in [-0.25, -0.2) is 0 Å². The Morgan fingerprint density at radius 1 is 1.00 bits per heavy atom. The Kier molecular flexibility index (Phi) is 1.08. The second-order valence-electron chi connectivity index (χ2n) is 3.26. The van der Waals surface area contributed by atoms with Gasteiger partial charge in [-0.3, -0.25) is 0 Å². The summed E-state index contributed by atoms with van der Waals surface area (Å²) in [4.78, 5) is 0. The zero-order valence-electron chi connectivity index (χ0n) is 5.33. The van der Waals surface area contributed by atoms with Crippen molar-refractivity contribution in [3.05, 3.63) is 0 Å². The van der Waals surface area contributed by atoms with E-state index in [4.69, 9.17) is 10.2 Å². The zero-order valence-corrected chi connectivity index (χ0v) is 5.33. The van der Waals surface area contributed by atoms with Crippen LogP contribution < -0.4 is 0 Å². The Morgan fingerprint density at radius 3 is 1.67 bits per heavy atom. The van der Waals surface area contributed by atoms with Crippen LogP contribution >= 0.6 is 0 Å². The standard InChI is InChI=1S/C7H12O2/c8-2-6-4-1-5(6)7(4)3-9/h4-9H,1-3H2. The molecule has 3 aliphatic carbocycles. The summed E-state index contributed by atoms with van der Waals surface area (Å²) >= 11 is 0. The van der Waals surface area contributed by atoms with Gasteiger partial charge in [-0.1, -0.05) is 0 Å². The van der Waals surface area contributed by atoms with Gasteiger partial charge in [0.05, 0.1) is 0 Å². The average Bonchev–Trinajstić information content (AvgIpc) is 1.61. The van der Waals surface area contributed by atoms with Crippen LogP contribution in [0.2, 0.25) is 0 Å². The first-order chi connectivity index (χ1) is 4.38. The van der Waals surface area contributed by atoms with Gasteiger partial charge in [-0.2, -0.15) is 0 Å². The van der Waals surface area contributed by atoms with Gasteiger partial charge in [0.25, 0.3) is 0 Å². The summed E-state index contributed by atoms with van der Waals surface area (Å²) in [5, 5.41) is 17.4. The Balaban J connectivity index is 1.88. The molecule has 0 heterocycles. The van der Waals surface area contributed by atoms with Crippen molar-refractivity contribution in [2.45, 2.75) is 6.42 Å². The molecular weight excluding hydrogens is 116 g/mol. The Labute approximate surface area is 54.5 Å². The highest BCUT2D eigenvalue weighted by molar-refractivity contribution is 5.07. The van der Waals surface area contributed by atoms with Crippen molar-refractivity contribution in [2.75, 3.05) is 13.2 Å². The molecule has 0 unspecified atom stereocenters. The third kappa shape index (κ3) is 0.485. The van der Waals surface area contributed by atoms with Crippen molar-refractivity contribution >= 4 is 0 Å². The average molecular weight is 128 g/mol. The van der Waals surface area contributed by atoms with Crippen molar-refractivity contribution in [1.82, 2.24) is 0 Å². The van der Waals surface area contributed by atoms with Gasteiger partial charge in [0.15, 0.2) is 0 Å². The van der Waals surface area contributed by atoms with Gasteiger partial charge in [0, 0.05) is 13.2 Å². The van der Waals surface area contributed by atoms with Crippen LogP contribution in [0.4, 0.5) is 0 Å². The molecule has 0 amide bonds. The molecular formula is C7H12O2. The maximum Gasteiger partial charge on any atom is 0.0464 e. The van der Waals surface area contributed by atoms with Gasteiger partial charge < -0.3 is 10.2 Å². The van der Waals surface area contributed by atoms with E-state index in [-0.39, 0.29) is 0 Å². The molecule has 0 aromatic heterocycles. The summed E-state index contributed by atoms with van der Waals surface area (Å²) in [6, 6.07) is 0. The van der Waals surface area contributed by atoms with Crippen molar-refractivity contribution in [3.8, 4) is 0 Å². The molecule has 2 heteroatoms. The number of hydrogen-bond donors (Lipinski definition) is 2. The van der Waals surface area contributed by atoms with E-state index in [2.05, 4.69) is 0 Å². The fourth-order valence-corrected chi connectivity index (χ4v) is 2.29. The van der Waals surface area contributed by atoms with E-state index in [0.717, 1.165) is 0 Å². The zero-order chi connectivity index (χ0) is 6.43. The number of aliphatic hydroxyl groups is 2. The molecule has 9 heavy (non-hydrogen) atoms. The molecule has 2 bridgehead atoms. The number of aliphatic hydroxyl groups excluding tert-OH is 2.